The minimum Gasteiger partial charge on any atom is -0.377 e. The molecule has 2 heterocycles. The molecule has 2 unspecified atom stereocenters. The topological polar surface area (TPSA) is 34.1 Å². The molecule has 0 aliphatic carbocycles. The molecule has 2 rings (SSSR count). The van der Waals surface area contributed by atoms with E-state index >= 15 is 0 Å². The van der Waals surface area contributed by atoms with Crippen LogP contribution < -0.4 is 5.32 Å². The first-order chi connectivity index (χ1) is 7.75. The third-order valence-electron chi connectivity index (χ3n) is 3.12. The molecule has 1 aliphatic rings. The number of hydrogen-bond donors (Lipinski definition) is 1. The van der Waals surface area contributed by atoms with Gasteiger partial charge in [0.2, 0.25) is 0 Å². The van der Waals surface area contributed by atoms with Crippen LogP contribution in [-0.2, 0) is 11.3 Å². The van der Waals surface area contributed by atoms with Crippen molar-refractivity contribution in [2.24, 2.45) is 0 Å². The van der Waals surface area contributed by atoms with Gasteiger partial charge in [0.15, 0.2) is 0 Å². The summed E-state index contributed by atoms with van der Waals surface area (Å²) < 4.78 is 5.64. The van der Waals surface area contributed by atoms with Crippen molar-refractivity contribution in [3.8, 4) is 0 Å². The maximum absolute atomic E-state index is 5.64. The van der Waals surface area contributed by atoms with E-state index in [-0.39, 0.29) is 0 Å². The zero-order chi connectivity index (χ0) is 11.4. The molecule has 3 heteroatoms. The number of aromatic nitrogens is 1. The molecule has 1 saturated heterocycles. The molecule has 88 valence electrons. The van der Waals surface area contributed by atoms with Crippen LogP contribution in [0.1, 0.15) is 31.0 Å². The third kappa shape index (κ3) is 3.03. The quantitative estimate of drug-likeness (QED) is 0.843. The average molecular weight is 220 g/mol. The monoisotopic (exact) mass is 220 g/mol. The zero-order valence-corrected chi connectivity index (χ0v) is 10.1. The van der Waals surface area contributed by atoms with Crippen LogP contribution in [0.15, 0.2) is 18.3 Å². The van der Waals surface area contributed by atoms with E-state index in [1.165, 1.54) is 18.4 Å². The SMILES string of the molecule is Cc1ccc(CNC(C)C2CCCO2)cn1. The van der Waals surface area contributed by atoms with Crippen molar-refractivity contribution < 1.29 is 4.74 Å². The second-order valence-electron chi connectivity index (χ2n) is 4.53. The molecule has 3 nitrogen and oxygen atoms in total. The Morgan fingerprint density at radius 2 is 2.44 bits per heavy atom. The fourth-order valence-electron chi connectivity index (χ4n) is 2.01. The Balaban J connectivity index is 1.80. The fraction of sp³-hybridized carbons (Fsp3) is 0.615. The molecule has 1 N–H and O–H groups in total. The molecular weight excluding hydrogens is 200 g/mol. The van der Waals surface area contributed by atoms with Gasteiger partial charge in [-0.05, 0) is 38.3 Å². The predicted molar refractivity (Wildman–Crippen MR) is 64.2 cm³/mol. The van der Waals surface area contributed by atoms with Gasteiger partial charge in [-0.2, -0.15) is 0 Å². The van der Waals surface area contributed by atoms with Crippen LogP contribution in [0.2, 0.25) is 0 Å². The fourth-order valence-corrected chi connectivity index (χ4v) is 2.01. The summed E-state index contributed by atoms with van der Waals surface area (Å²) in [4.78, 5) is 4.28. The van der Waals surface area contributed by atoms with Crippen LogP contribution in [-0.4, -0.2) is 23.7 Å². The summed E-state index contributed by atoms with van der Waals surface area (Å²) in [5, 5.41) is 3.50. The summed E-state index contributed by atoms with van der Waals surface area (Å²) in [6.07, 6.45) is 4.70. The Bertz CT molecular complexity index is 317. The van der Waals surface area contributed by atoms with Gasteiger partial charge < -0.3 is 10.1 Å². The molecular formula is C13H20N2O. The number of rotatable bonds is 4. The first kappa shape index (κ1) is 11.6. The highest BCUT2D eigenvalue weighted by Gasteiger charge is 2.21. The average Bonchev–Trinajstić information content (AvgIpc) is 2.81. The Morgan fingerprint density at radius 1 is 1.56 bits per heavy atom. The molecule has 2 atom stereocenters. The summed E-state index contributed by atoms with van der Waals surface area (Å²) >= 11 is 0. The van der Waals surface area contributed by atoms with Crippen LogP contribution >= 0.6 is 0 Å². The third-order valence-corrected chi connectivity index (χ3v) is 3.12. The number of nitrogens with zero attached hydrogens (tertiary/aromatic N) is 1. The van der Waals surface area contributed by atoms with E-state index in [9.17, 15) is 0 Å². The van der Waals surface area contributed by atoms with E-state index < -0.39 is 0 Å². The van der Waals surface area contributed by atoms with Crippen molar-refractivity contribution in [1.82, 2.24) is 10.3 Å². The molecule has 1 fully saturated rings. The second kappa shape index (κ2) is 5.41. The molecule has 1 aromatic rings. The number of pyridine rings is 1. The zero-order valence-electron chi connectivity index (χ0n) is 10.1. The molecule has 1 aliphatic heterocycles. The minimum atomic E-state index is 0.387. The van der Waals surface area contributed by atoms with E-state index in [1.54, 1.807) is 0 Å². The van der Waals surface area contributed by atoms with Gasteiger partial charge in [-0.3, -0.25) is 4.98 Å². The lowest BCUT2D eigenvalue weighted by molar-refractivity contribution is 0.0832. The summed E-state index contributed by atoms with van der Waals surface area (Å²) in [6.45, 7) is 5.99. The molecule has 0 spiro atoms. The molecule has 16 heavy (non-hydrogen) atoms. The molecule has 1 aromatic heterocycles. The Kier molecular flexibility index (Phi) is 3.91. The largest absolute Gasteiger partial charge is 0.377 e. The molecule has 0 bridgehead atoms. The van der Waals surface area contributed by atoms with Gasteiger partial charge in [0.25, 0.3) is 0 Å². The second-order valence-corrected chi connectivity index (χ2v) is 4.53. The maximum atomic E-state index is 5.64. The van der Waals surface area contributed by atoms with Gasteiger partial charge in [-0.25, -0.2) is 0 Å². The summed E-state index contributed by atoms with van der Waals surface area (Å²) in [6, 6.07) is 4.59. The van der Waals surface area contributed by atoms with Crippen LogP contribution in [0, 0.1) is 6.92 Å². The molecule has 0 saturated carbocycles. The van der Waals surface area contributed by atoms with Crippen molar-refractivity contribution in [2.45, 2.75) is 45.4 Å². The van der Waals surface area contributed by atoms with Crippen LogP contribution in [0.5, 0.6) is 0 Å². The number of aryl methyl sites for hydroxylation is 1. The van der Waals surface area contributed by atoms with E-state index in [2.05, 4.69) is 23.3 Å². The summed E-state index contributed by atoms with van der Waals surface area (Å²) in [5.74, 6) is 0. The lowest BCUT2D eigenvalue weighted by atomic mass is 10.1. The maximum Gasteiger partial charge on any atom is 0.0726 e. The Hall–Kier alpha value is -0.930. The molecule has 0 amide bonds. The van der Waals surface area contributed by atoms with E-state index in [4.69, 9.17) is 4.74 Å². The highest BCUT2D eigenvalue weighted by atomic mass is 16.5. The highest BCUT2D eigenvalue weighted by Crippen LogP contribution is 2.15. The summed E-state index contributed by atoms with van der Waals surface area (Å²) in [7, 11) is 0. The number of nitrogens with one attached hydrogen (secondary N) is 1. The first-order valence-corrected chi connectivity index (χ1v) is 6.02. The van der Waals surface area contributed by atoms with Gasteiger partial charge in [0.1, 0.15) is 0 Å². The van der Waals surface area contributed by atoms with Crippen molar-refractivity contribution in [2.75, 3.05) is 6.61 Å². The van der Waals surface area contributed by atoms with E-state index in [0.29, 0.717) is 12.1 Å². The van der Waals surface area contributed by atoms with Crippen molar-refractivity contribution in [1.29, 1.82) is 0 Å². The lowest BCUT2D eigenvalue weighted by Gasteiger charge is -2.19. The van der Waals surface area contributed by atoms with Crippen LogP contribution in [0.4, 0.5) is 0 Å². The number of hydrogen-bond acceptors (Lipinski definition) is 3. The molecule has 0 radical (unpaired) electrons. The van der Waals surface area contributed by atoms with Crippen LogP contribution in [0.3, 0.4) is 0 Å². The van der Waals surface area contributed by atoms with Gasteiger partial charge >= 0.3 is 0 Å². The van der Waals surface area contributed by atoms with Crippen molar-refractivity contribution in [3.05, 3.63) is 29.6 Å². The van der Waals surface area contributed by atoms with E-state index in [0.717, 1.165) is 18.8 Å². The Labute approximate surface area is 97.2 Å². The minimum absolute atomic E-state index is 0.387. The predicted octanol–water partition coefficient (Wildman–Crippen LogP) is 2.05. The van der Waals surface area contributed by atoms with Gasteiger partial charge in [-0.1, -0.05) is 6.07 Å². The van der Waals surface area contributed by atoms with Crippen LogP contribution in [0.25, 0.3) is 0 Å². The lowest BCUT2D eigenvalue weighted by Crippen LogP contribution is -2.36. The normalized spacial score (nSPS) is 22.2. The first-order valence-electron chi connectivity index (χ1n) is 6.02. The standard InChI is InChI=1S/C13H20N2O/c1-10-5-6-12(8-14-10)9-15-11(2)13-4-3-7-16-13/h5-6,8,11,13,15H,3-4,7,9H2,1-2H3. The van der Waals surface area contributed by atoms with Gasteiger partial charge in [0.05, 0.1) is 6.10 Å². The Morgan fingerprint density at radius 3 is 3.06 bits per heavy atom. The van der Waals surface area contributed by atoms with Crippen molar-refractivity contribution in [3.63, 3.8) is 0 Å². The smallest absolute Gasteiger partial charge is 0.0726 e. The molecule has 0 aromatic carbocycles. The summed E-state index contributed by atoms with van der Waals surface area (Å²) in [5.41, 5.74) is 2.30. The highest BCUT2D eigenvalue weighted by molar-refractivity contribution is 5.12. The van der Waals surface area contributed by atoms with Crippen molar-refractivity contribution >= 4 is 0 Å². The van der Waals surface area contributed by atoms with E-state index in [1.807, 2.05) is 19.2 Å². The van der Waals surface area contributed by atoms with Gasteiger partial charge in [-0.15, -0.1) is 0 Å². The number of ether oxygens (including phenoxy) is 1. The van der Waals surface area contributed by atoms with Gasteiger partial charge in [0, 0.05) is 31.1 Å².